The largest absolute Gasteiger partial charge is 0.385 e. The van der Waals surface area contributed by atoms with Crippen LogP contribution in [0.5, 0.6) is 0 Å². The molecule has 1 nitrogen and oxygen atoms in total. The molecule has 1 rings (SSSR count). The van der Waals surface area contributed by atoms with Gasteiger partial charge in [0.15, 0.2) is 0 Å². The molecule has 0 spiro atoms. The van der Waals surface area contributed by atoms with E-state index >= 15 is 0 Å². The van der Waals surface area contributed by atoms with E-state index in [4.69, 9.17) is 0 Å². The van der Waals surface area contributed by atoms with Crippen LogP contribution in [0, 0.1) is 5.92 Å². The van der Waals surface area contributed by atoms with Crippen molar-refractivity contribution in [2.45, 2.75) is 20.3 Å². The van der Waals surface area contributed by atoms with Crippen molar-refractivity contribution in [1.29, 1.82) is 0 Å². The predicted octanol–water partition coefficient (Wildman–Crippen LogP) is 3.19. The van der Waals surface area contributed by atoms with Gasteiger partial charge in [0.25, 0.3) is 0 Å². The summed E-state index contributed by atoms with van der Waals surface area (Å²) in [4.78, 5) is 0. The molecule has 0 aromatic rings. The van der Waals surface area contributed by atoms with E-state index in [1.165, 1.54) is 11.3 Å². The Morgan fingerprint density at radius 1 is 1.71 bits per heavy atom. The number of hydrogen-bond donors (Lipinski definition) is 1. The topological polar surface area (TPSA) is 12.0 Å². The Balaban J connectivity index is 2.56. The maximum absolute atomic E-state index is 3.74. The van der Waals surface area contributed by atoms with Crippen LogP contribution in [0.3, 0.4) is 0 Å². The number of allylic oxidation sites excluding steroid dienone is 5. The Bertz CT molecular complexity index is 282. The zero-order valence-corrected chi connectivity index (χ0v) is 9.09. The first-order chi connectivity index (χ1) is 6.72. The zero-order valence-electron chi connectivity index (χ0n) is 9.09. The minimum absolute atomic E-state index is 0.539. The molecule has 76 valence electrons. The number of hydrogen-bond acceptors (Lipinski definition) is 1. The van der Waals surface area contributed by atoms with Crippen LogP contribution in [0.25, 0.3) is 0 Å². The molecule has 1 aliphatic rings. The Kier molecular flexibility index (Phi) is 4.24. The van der Waals surface area contributed by atoms with E-state index in [9.17, 15) is 0 Å². The van der Waals surface area contributed by atoms with Gasteiger partial charge in [0, 0.05) is 18.7 Å². The number of rotatable bonds is 3. The summed E-state index contributed by atoms with van der Waals surface area (Å²) in [5.41, 5.74) is 2.54. The first-order valence-corrected chi connectivity index (χ1v) is 5.13. The Labute approximate surface area is 86.9 Å². The fourth-order valence-electron chi connectivity index (χ4n) is 1.40. The average Bonchev–Trinajstić information content (AvgIpc) is 2.39. The minimum atomic E-state index is 0.539. The molecule has 1 atom stereocenters. The highest BCUT2D eigenvalue weighted by molar-refractivity contribution is 5.19. The van der Waals surface area contributed by atoms with Crippen molar-refractivity contribution in [3.63, 3.8) is 0 Å². The normalized spacial score (nSPS) is 22.3. The molecule has 0 radical (unpaired) electrons. The van der Waals surface area contributed by atoms with Crippen LogP contribution in [0.2, 0.25) is 0 Å². The second kappa shape index (κ2) is 5.48. The van der Waals surface area contributed by atoms with E-state index in [0.29, 0.717) is 5.92 Å². The van der Waals surface area contributed by atoms with Gasteiger partial charge < -0.3 is 5.32 Å². The summed E-state index contributed by atoms with van der Waals surface area (Å²) in [6.45, 7) is 8.96. The summed E-state index contributed by atoms with van der Waals surface area (Å²) >= 11 is 0. The van der Waals surface area contributed by atoms with Crippen LogP contribution in [0.15, 0.2) is 48.2 Å². The van der Waals surface area contributed by atoms with Crippen LogP contribution < -0.4 is 5.32 Å². The lowest BCUT2D eigenvalue weighted by Gasteiger charge is -2.06. The lowest BCUT2D eigenvalue weighted by molar-refractivity contribution is 0.852. The molecule has 1 N–H and O–H groups in total. The zero-order chi connectivity index (χ0) is 10.4. The highest BCUT2D eigenvalue weighted by Gasteiger charge is 2.00. The van der Waals surface area contributed by atoms with E-state index in [2.05, 4.69) is 50.0 Å². The van der Waals surface area contributed by atoms with Crippen LogP contribution in [-0.2, 0) is 0 Å². The van der Waals surface area contributed by atoms with E-state index < -0.39 is 0 Å². The quantitative estimate of drug-likeness (QED) is 0.531. The second-order valence-electron chi connectivity index (χ2n) is 3.72. The molecule has 0 saturated heterocycles. The van der Waals surface area contributed by atoms with Crippen molar-refractivity contribution in [3.05, 3.63) is 48.2 Å². The molecule has 0 amide bonds. The molecule has 1 unspecified atom stereocenters. The van der Waals surface area contributed by atoms with Gasteiger partial charge in [-0.05, 0) is 12.8 Å². The first kappa shape index (κ1) is 10.8. The lowest BCUT2D eigenvalue weighted by Crippen LogP contribution is -2.11. The SMILES string of the molecule is C=C/C(C)=C\CC1=CC(C)C=CCN1. The molecule has 0 aromatic carbocycles. The van der Waals surface area contributed by atoms with E-state index in [1.807, 2.05) is 6.08 Å². The highest BCUT2D eigenvalue weighted by atomic mass is 14.9. The first-order valence-electron chi connectivity index (χ1n) is 5.13. The lowest BCUT2D eigenvalue weighted by atomic mass is 10.1. The van der Waals surface area contributed by atoms with Crippen LogP contribution in [0.1, 0.15) is 20.3 Å². The van der Waals surface area contributed by atoms with Crippen molar-refractivity contribution < 1.29 is 0 Å². The molecule has 1 heterocycles. The van der Waals surface area contributed by atoms with Gasteiger partial charge in [-0.15, -0.1) is 0 Å². The maximum atomic E-state index is 3.74. The molecule has 14 heavy (non-hydrogen) atoms. The molecule has 0 fully saturated rings. The smallest absolute Gasteiger partial charge is 0.0328 e. The molecule has 1 heteroatoms. The van der Waals surface area contributed by atoms with Crippen molar-refractivity contribution in [2.75, 3.05) is 6.54 Å². The third kappa shape index (κ3) is 3.65. The summed E-state index contributed by atoms with van der Waals surface area (Å²) in [6.07, 6.45) is 11.7. The second-order valence-corrected chi connectivity index (χ2v) is 3.72. The Hall–Kier alpha value is -1.24. The Morgan fingerprint density at radius 3 is 3.21 bits per heavy atom. The molecular weight excluding hydrogens is 170 g/mol. The summed E-state index contributed by atoms with van der Waals surface area (Å²) in [5, 5.41) is 3.39. The fraction of sp³-hybridized carbons (Fsp3) is 0.385. The molecule has 1 aliphatic heterocycles. The monoisotopic (exact) mass is 189 g/mol. The standard InChI is InChI=1S/C13H19N/c1-4-11(2)7-8-13-10-12(3)6-5-9-14-13/h4-7,10,12,14H,1,8-9H2,2-3H3/b11-7-. The molecule has 0 aromatic heterocycles. The van der Waals surface area contributed by atoms with Gasteiger partial charge in [0.2, 0.25) is 0 Å². The minimum Gasteiger partial charge on any atom is -0.385 e. The summed E-state index contributed by atoms with van der Waals surface area (Å²) in [6, 6.07) is 0. The van der Waals surface area contributed by atoms with Gasteiger partial charge in [-0.2, -0.15) is 0 Å². The van der Waals surface area contributed by atoms with Crippen molar-refractivity contribution in [2.24, 2.45) is 5.92 Å². The summed E-state index contributed by atoms with van der Waals surface area (Å²) < 4.78 is 0. The molecule has 0 aliphatic carbocycles. The highest BCUT2D eigenvalue weighted by Crippen LogP contribution is 2.10. The van der Waals surface area contributed by atoms with Crippen molar-refractivity contribution >= 4 is 0 Å². The summed E-state index contributed by atoms with van der Waals surface area (Å²) in [7, 11) is 0. The third-order valence-electron chi connectivity index (χ3n) is 2.32. The Morgan fingerprint density at radius 2 is 2.50 bits per heavy atom. The van der Waals surface area contributed by atoms with Gasteiger partial charge in [0.1, 0.15) is 0 Å². The summed E-state index contributed by atoms with van der Waals surface area (Å²) in [5.74, 6) is 0.539. The van der Waals surface area contributed by atoms with Crippen molar-refractivity contribution in [3.8, 4) is 0 Å². The van der Waals surface area contributed by atoms with Gasteiger partial charge >= 0.3 is 0 Å². The van der Waals surface area contributed by atoms with Crippen molar-refractivity contribution in [1.82, 2.24) is 5.32 Å². The maximum Gasteiger partial charge on any atom is 0.0328 e. The van der Waals surface area contributed by atoms with Gasteiger partial charge in [-0.3, -0.25) is 0 Å². The number of nitrogens with one attached hydrogen (secondary N) is 1. The molecule has 0 saturated carbocycles. The van der Waals surface area contributed by atoms with Gasteiger partial charge in [-0.1, -0.05) is 49.5 Å². The van der Waals surface area contributed by atoms with Crippen LogP contribution in [-0.4, -0.2) is 6.54 Å². The predicted molar refractivity (Wildman–Crippen MR) is 63.0 cm³/mol. The van der Waals surface area contributed by atoms with Crippen LogP contribution >= 0.6 is 0 Å². The van der Waals surface area contributed by atoms with Gasteiger partial charge in [-0.25, -0.2) is 0 Å². The van der Waals surface area contributed by atoms with E-state index in [-0.39, 0.29) is 0 Å². The van der Waals surface area contributed by atoms with Crippen LogP contribution in [0.4, 0.5) is 0 Å². The van der Waals surface area contributed by atoms with Gasteiger partial charge in [0.05, 0.1) is 0 Å². The third-order valence-corrected chi connectivity index (χ3v) is 2.32. The molecular formula is C13H19N. The van der Waals surface area contributed by atoms with E-state index in [1.54, 1.807) is 0 Å². The molecule has 0 bridgehead atoms. The fourth-order valence-corrected chi connectivity index (χ4v) is 1.40. The van der Waals surface area contributed by atoms with E-state index in [0.717, 1.165) is 13.0 Å². The average molecular weight is 189 g/mol.